The average Bonchev–Trinajstić information content (AvgIpc) is 3.00. The number of ketones is 2. The summed E-state index contributed by atoms with van der Waals surface area (Å²) in [4.78, 5) is 51.3. The minimum absolute atomic E-state index is 0.0498. The van der Waals surface area contributed by atoms with E-state index in [1.165, 1.54) is 6.92 Å². The van der Waals surface area contributed by atoms with Gasteiger partial charge in [0, 0.05) is 22.7 Å². The van der Waals surface area contributed by atoms with Gasteiger partial charge in [0.2, 0.25) is 0 Å². The number of hydrogen-bond acceptors (Lipinski definition) is 9. The molecule has 224 valence electrons. The molecular weight excluding hydrogens is 561 g/mol. The van der Waals surface area contributed by atoms with Crippen molar-refractivity contribution < 1.29 is 48.0 Å². The van der Waals surface area contributed by atoms with Crippen molar-refractivity contribution in [2.75, 3.05) is 7.11 Å². The zero-order chi connectivity index (χ0) is 30.8. The smallest absolute Gasteiger partial charge is 0.407 e. The molecule has 1 fully saturated rings. The van der Waals surface area contributed by atoms with Crippen molar-refractivity contribution in [1.29, 1.82) is 0 Å². The topological polar surface area (TPSA) is 148 Å². The maximum Gasteiger partial charge on any atom is 0.407 e. The van der Waals surface area contributed by atoms with Crippen LogP contribution in [-0.4, -0.2) is 47.0 Å². The number of phenolic OH excluding ortho intramolecular Hbond substituents is 2. The molecule has 3 aromatic rings. The molecular formula is C32H30FNO9. The number of hydrogen-bond donors (Lipinski definition) is 3. The monoisotopic (exact) mass is 591 g/mol. The maximum absolute atomic E-state index is 13.7. The number of benzene rings is 3. The van der Waals surface area contributed by atoms with Crippen molar-refractivity contribution in [3.05, 3.63) is 87.7 Å². The molecule has 0 bridgehead atoms. The van der Waals surface area contributed by atoms with E-state index in [1.807, 2.05) is 0 Å². The molecule has 0 aromatic heterocycles. The van der Waals surface area contributed by atoms with E-state index in [9.17, 15) is 33.8 Å². The van der Waals surface area contributed by atoms with Crippen molar-refractivity contribution in [3.8, 4) is 17.2 Å². The number of methoxy groups -OCH3 is 1. The number of carbonyl (C=O) groups is 4. The Labute approximate surface area is 246 Å². The van der Waals surface area contributed by atoms with Gasteiger partial charge >= 0.3 is 12.1 Å². The first kappa shape index (κ1) is 29.6. The number of alkyl carbamates (subject to hydrolysis) is 1. The molecule has 0 aliphatic heterocycles. The van der Waals surface area contributed by atoms with Crippen molar-refractivity contribution in [2.45, 2.75) is 51.4 Å². The van der Waals surface area contributed by atoms with Crippen molar-refractivity contribution in [3.63, 3.8) is 0 Å². The fourth-order valence-corrected chi connectivity index (χ4v) is 5.50. The van der Waals surface area contributed by atoms with Gasteiger partial charge in [-0.15, -0.1) is 0 Å². The van der Waals surface area contributed by atoms with Crippen molar-refractivity contribution >= 4 is 23.6 Å². The Morgan fingerprint density at radius 3 is 2.30 bits per heavy atom. The van der Waals surface area contributed by atoms with Gasteiger partial charge in [0.05, 0.1) is 24.2 Å². The van der Waals surface area contributed by atoms with Crippen LogP contribution in [0.5, 0.6) is 17.2 Å². The van der Waals surface area contributed by atoms with E-state index in [0.29, 0.717) is 31.4 Å². The predicted octanol–water partition coefficient (Wildman–Crippen LogP) is 5.11. The largest absolute Gasteiger partial charge is 0.507 e. The molecule has 3 aromatic carbocycles. The Morgan fingerprint density at radius 1 is 0.953 bits per heavy atom. The van der Waals surface area contributed by atoms with E-state index in [-0.39, 0.29) is 29.3 Å². The van der Waals surface area contributed by atoms with Crippen LogP contribution < -0.4 is 10.1 Å². The van der Waals surface area contributed by atoms with E-state index in [1.54, 1.807) is 31.4 Å². The number of esters is 1. The van der Waals surface area contributed by atoms with E-state index >= 15 is 0 Å². The van der Waals surface area contributed by atoms with Gasteiger partial charge in [-0.2, -0.15) is 0 Å². The summed E-state index contributed by atoms with van der Waals surface area (Å²) in [6, 6.07) is 11.1. The molecule has 0 heterocycles. The normalized spacial score (nSPS) is 18.2. The van der Waals surface area contributed by atoms with Gasteiger partial charge in [-0.25, -0.2) is 9.18 Å². The SMILES string of the molecule is COc1ccc(COC(=O)NC2CCC(C(=O)OC(C)c3cc(O)c4c(c3O)C(=O)c3ccc(F)cc3C4=O)CC2)cc1. The Kier molecular flexibility index (Phi) is 8.33. The zero-order valence-corrected chi connectivity index (χ0v) is 23.5. The number of amides is 1. The van der Waals surface area contributed by atoms with Crippen LogP contribution in [0.3, 0.4) is 0 Å². The van der Waals surface area contributed by atoms with Crippen molar-refractivity contribution in [1.82, 2.24) is 5.32 Å². The first-order valence-electron chi connectivity index (χ1n) is 13.8. The molecule has 1 atom stereocenters. The number of halogens is 1. The summed E-state index contributed by atoms with van der Waals surface area (Å²) in [5, 5.41) is 24.4. The first-order chi connectivity index (χ1) is 20.6. The van der Waals surface area contributed by atoms with Gasteiger partial charge < -0.3 is 29.7 Å². The minimum Gasteiger partial charge on any atom is -0.507 e. The molecule has 1 amide bonds. The molecule has 0 spiro atoms. The predicted molar refractivity (Wildman–Crippen MR) is 150 cm³/mol. The summed E-state index contributed by atoms with van der Waals surface area (Å²) < 4.78 is 29.7. The van der Waals surface area contributed by atoms with Gasteiger partial charge in [0.25, 0.3) is 0 Å². The molecule has 43 heavy (non-hydrogen) atoms. The lowest BCUT2D eigenvalue weighted by Gasteiger charge is -2.29. The van der Waals surface area contributed by atoms with Crippen LogP contribution in [0.4, 0.5) is 9.18 Å². The fourth-order valence-electron chi connectivity index (χ4n) is 5.50. The van der Waals surface area contributed by atoms with Crippen LogP contribution in [-0.2, 0) is 20.9 Å². The summed E-state index contributed by atoms with van der Waals surface area (Å²) in [7, 11) is 1.57. The highest BCUT2D eigenvalue weighted by molar-refractivity contribution is 6.30. The zero-order valence-electron chi connectivity index (χ0n) is 23.5. The molecule has 0 saturated heterocycles. The van der Waals surface area contributed by atoms with Gasteiger partial charge in [0.1, 0.15) is 35.8 Å². The lowest BCUT2D eigenvalue weighted by molar-refractivity contribution is -0.154. The quantitative estimate of drug-likeness (QED) is 0.197. The summed E-state index contributed by atoms with van der Waals surface area (Å²) in [5.41, 5.74) is -0.415. The number of fused-ring (bicyclic) bond motifs is 2. The second-order valence-electron chi connectivity index (χ2n) is 10.6. The summed E-state index contributed by atoms with van der Waals surface area (Å²) in [5.74, 6) is -3.77. The molecule has 2 aliphatic rings. The summed E-state index contributed by atoms with van der Waals surface area (Å²) in [6.45, 7) is 1.58. The highest BCUT2D eigenvalue weighted by Crippen LogP contribution is 2.43. The van der Waals surface area contributed by atoms with Crippen LogP contribution in [0.15, 0.2) is 48.5 Å². The van der Waals surface area contributed by atoms with Crippen LogP contribution in [0, 0.1) is 11.7 Å². The second kappa shape index (κ2) is 12.1. The molecule has 11 heteroatoms. The highest BCUT2D eigenvalue weighted by atomic mass is 19.1. The van der Waals surface area contributed by atoms with E-state index in [2.05, 4.69) is 5.32 Å². The van der Waals surface area contributed by atoms with Gasteiger partial charge in [-0.3, -0.25) is 14.4 Å². The number of phenols is 2. The van der Waals surface area contributed by atoms with E-state index in [0.717, 1.165) is 29.8 Å². The summed E-state index contributed by atoms with van der Waals surface area (Å²) >= 11 is 0. The van der Waals surface area contributed by atoms with Crippen molar-refractivity contribution in [2.24, 2.45) is 5.92 Å². The van der Waals surface area contributed by atoms with Crippen LogP contribution in [0.25, 0.3) is 0 Å². The minimum atomic E-state index is -1.06. The maximum atomic E-state index is 13.7. The molecule has 10 nitrogen and oxygen atoms in total. The molecule has 1 saturated carbocycles. The number of ether oxygens (including phenoxy) is 3. The molecule has 5 rings (SSSR count). The molecule has 0 radical (unpaired) electrons. The summed E-state index contributed by atoms with van der Waals surface area (Å²) in [6.07, 6.45) is 0.303. The van der Waals surface area contributed by atoms with Crippen LogP contribution in [0.2, 0.25) is 0 Å². The fraction of sp³-hybridized carbons (Fsp3) is 0.312. The van der Waals surface area contributed by atoms with Gasteiger partial charge in [0.15, 0.2) is 11.6 Å². The number of aromatic hydroxyl groups is 2. The Balaban J connectivity index is 1.17. The average molecular weight is 592 g/mol. The van der Waals surface area contributed by atoms with Crippen LogP contribution >= 0.6 is 0 Å². The number of carbonyl (C=O) groups excluding carboxylic acids is 4. The lowest BCUT2D eigenvalue weighted by atomic mass is 9.81. The third-order valence-corrected chi connectivity index (χ3v) is 7.88. The Bertz CT molecular complexity index is 1590. The second-order valence-corrected chi connectivity index (χ2v) is 10.6. The van der Waals surface area contributed by atoms with Gasteiger partial charge in [-0.1, -0.05) is 12.1 Å². The van der Waals surface area contributed by atoms with E-state index < -0.39 is 64.1 Å². The molecule has 3 N–H and O–H groups in total. The standard InChI is InChI=1S/C32H30FNO9/c1-16(23-14-25(35)26-27(29(23)37)28(36)22-12-7-19(33)13-24(22)30(26)38)43-31(39)18-5-8-20(9-6-18)34-32(40)42-15-17-3-10-21(41-2)11-4-17/h3-4,7,10-14,16,18,20,35,37H,5-6,8-9,15H2,1-2H3,(H,34,40). The Hall–Kier alpha value is -4.93. The highest BCUT2D eigenvalue weighted by Gasteiger charge is 2.37. The van der Waals surface area contributed by atoms with Gasteiger partial charge in [-0.05, 0) is 74.6 Å². The number of nitrogens with one attached hydrogen (secondary N) is 1. The van der Waals surface area contributed by atoms with E-state index in [4.69, 9.17) is 14.2 Å². The third-order valence-electron chi connectivity index (χ3n) is 7.88. The van der Waals surface area contributed by atoms with Crippen LogP contribution in [0.1, 0.15) is 81.7 Å². The number of rotatable bonds is 7. The first-order valence-corrected chi connectivity index (χ1v) is 13.8. The molecule has 1 unspecified atom stereocenters. The lowest BCUT2D eigenvalue weighted by Crippen LogP contribution is -2.39. The Morgan fingerprint density at radius 2 is 1.63 bits per heavy atom. The molecule has 2 aliphatic carbocycles. The third kappa shape index (κ3) is 6.01.